The van der Waals surface area contributed by atoms with Crippen molar-refractivity contribution < 1.29 is 0 Å². The molecule has 0 nitrogen and oxygen atoms in total. The Morgan fingerprint density at radius 1 is 0.281 bits per heavy atom. The summed E-state index contributed by atoms with van der Waals surface area (Å²) >= 11 is 0. The van der Waals surface area contributed by atoms with Crippen LogP contribution in [0.25, 0.3) is 65.0 Å². The van der Waals surface area contributed by atoms with E-state index in [9.17, 15) is 0 Å². The highest BCUT2D eigenvalue weighted by Crippen LogP contribution is 2.36. The average molecular weight is 405 g/mol. The van der Waals surface area contributed by atoms with Crippen molar-refractivity contribution in [2.75, 3.05) is 0 Å². The molecule has 148 valence electrons. The molecule has 0 saturated heterocycles. The van der Waals surface area contributed by atoms with Gasteiger partial charge in [0.1, 0.15) is 0 Å². The first-order chi connectivity index (χ1) is 15.8. The van der Waals surface area contributed by atoms with Gasteiger partial charge in [-0.25, -0.2) is 0 Å². The third-order valence-corrected chi connectivity index (χ3v) is 6.80. The first-order valence-corrected chi connectivity index (χ1v) is 11.1. The highest BCUT2D eigenvalue weighted by Gasteiger charge is 2.09. The number of hydrogen-bond acceptors (Lipinski definition) is 0. The monoisotopic (exact) mass is 404 g/mol. The van der Waals surface area contributed by atoms with Crippen LogP contribution in [0.3, 0.4) is 0 Å². The van der Waals surface area contributed by atoms with Crippen LogP contribution < -0.4 is 0 Å². The van der Waals surface area contributed by atoms with Gasteiger partial charge in [0, 0.05) is 0 Å². The van der Waals surface area contributed by atoms with Gasteiger partial charge in [-0.05, 0) is 83.2 Å². The van der Waals surface area contributed by atoms with Gasteiger partial charge in [-0.2, -0.15) is 0 Å². The van der Waals surface area contributed by atoms with Crippen LogP contribution in [0.5, 0.6) is 0 Å². The molecule has 0 N–H and O–H groups in total. The van der Waals surface area contributed by atoms with Gasteiger partial charge >= 0.3 is 0 Å². The molecular formula is C32H20. The molecule has 0 aromatic heterocycles. The minimum atomic E-state index is 1.26. The summed E-state index contributed by atoms with van der Waals surface area (Å²) in [6, 6.07) is 44.5. The van der Waals surface area contributed by atoms with Gasteiger partial charge in [0.15, 0.2) is 0 Å². The van der Waals surface area contributed by atoms with Crippen LogP contribution in [-0.2, 0) is 0 Å². The molecule has 0 aliphatic carbocycles. The van der Waals surface area contributed by atoms with Crippen molar-refractivity contribution in [1.82, 2.24) is 0 Å². The number of hydrogen-bond donors (Lipinski definition) is 0. The predicted octanol–water partition coefficient (Wildman–Crippen LogP) is 9.12. The standard InChI is InChI=1S/C32H20/c1-2-8-23-20-32-26(18-22(23)7-1)15-17-31-28(10-5-11-30(31)32)25-14-16-29-24(19-25)13-12-21-6-3-4-9-27(21)29/h1-20H. The van der Waals surface area contributed by atoms with E-state index in [1.807, 2.05) is 0 Å². The molecule has 32 heavy (non-hydrogen) atoms. The van der Waals surface area contributed by atoms with E-state index in [0.717, 1.165) is 0 Å². The van der Waals surface area contributed by atoms with E-state index in [1.165, 1.54) is 65.0 Å². The van der Waals surface area contributed by atoms with Crippen molar-refractivity contribution in [3.8, 4) is 11.1 Å². The molecule has 0 saturated carbocycles. The fourth-order valence-corrected chi connectivity index (χ4v) is 5.21. The van der Waals surface area contributed by atoms with Crippen LogP contribution in [0.4, 0.5) is 0 Å². The highest BCUT2D eigenvalue weighted by molar-refractivity contribution is 6.16. The van der Waals surface area contributed by atoms with Crippen molar-refractivity contribution in [1.29, 1.82) is 0 Å². The second-order valence-electron chi connectivity index (χ2n) is 8.61. The second kappa shape index (κ2) is 6.67. The van der Waals surface area contributed by atoms with Gasteiger partial charge in [-0.1, -0.05) is 103 Å². The minimum Gasteiger partial charge on any atom is -0.0616 e. The minimum absolute atomic E-state index is 1.26. The first-order valence-electron chi connectivity index (χ1n) is 11.1. The fraction of sp³-hybridized carbons (Fsp3) is 0. The zero-order valence-corrected chi connectivity index (χ0v) is 17.5. The van der Waals surface area contributed by atoms with Crippen molar-refractivity contribution >= 4 is 53.9 Å². The molecule has 7 aromatic rings. The maximum Gasteiger partial charge on any atom is -0.00988 e. The molecule has 0 atom stereocenters. The number of benzene rings is 7. The summed E-state index contributed by atoms with van der Waals surface area (Å²) in [6.07, 6.45) is 0. The van der Waals surface area contributed by atoms with E-state index < -0.39 is 0 Å². The Morgan fingerprint density at radius 2 is 0.906 bits per heavy atom. The largest absolute Gasteiger partial charge is 0.0616 e. The summed E-state index contributed by atoms with van der Waals surface area (Å²) in [5, 5.41) is 13.0. The van der Waals surface area contributed by atoms with Crippen LogP contribution >= 0.6 is 0 Å². The summed E-state index contributed by atoms with van der Waals surface area (Å²) in [6.45, 7) is 0. The lowest BCUT2D eigenvalue weighted by atomic mass is 9.92. The summed E-state index contributed by atoms with van der Waals surface area (Å²) in [5.74, 6) is 0. The van der Waals surface area contributed by atoms with E-state index in [1.54, 1.807) is 0 Å². The Hall–Kier alpha value is -4.16. The molecule has 0 heterocycles. The van der Waals surface area contributed by atoms with Gasteiger partial charge in [0.25, 0.3) is 0 Å². The molecule has 0 heteroatoms. The Morgan fingerprint density at radius 3 is 1.81 bits per heavy atom. The normalized spacial score (nSPS) is 11.8. The van der Waals surface area contributed by atoms with E-state index in [0.29, 0.717) is 0 Å². The molecule has 0 spiro atoms. The summed E-state index contributed by atoms with van der Waals surface area (Å²) in [4.78, 5) is 0. The van der Waals surface area contributed by atoms with Crippen LogP contribution in [0.15, 0.2) is 121 Å². The molecular weight excluding hydrogens is 384 g/mol. The highest BCUT2D eigenvalue weighted by atomic mass is 14.1. The molecule has 7 rings (SSSR count). The number of rotatable bonds is 1. The molecule has 0 unspecified atom stereocenters. The molecule has 0 bridgehead atoms. The summed E-state index contributed by atoms with van der Waals surface area (Å²) in [7, 11) is 0. The zero-order valence-electron chi connectivity index (χ0n) is 17.5. The lowest BCUT2D eigenvalue weighted by Crippen LogP contribution is -1.85. The number of fused-ring (bicyclic) bond motifs is 7. The summed E-state index contributed by atoms with van der Waals surface area (Å²) < 4.78 is 0. The topological polar surface area (TPSA) is 0 Å². The Labute approximate surface area is 186 Å². The van der Waals surface area contributed by atoms with Gasteiger partial charge in [0.2, 0.25) is 0 Å². The maximum absolute atomic E-state index is 2.34. The molecule has 0 aliphatic heterocycles. The van der Waals surface area contributed by atoms with E-state index >= 15 is 0 Å². The van der Waals surface area contributed by atoms with Crippen molar-refractivity contribution in [3.05, 3.63) is 121 Å². The quantitative estimate of drug-likeness (QED) is 0.189. The van der Waals surface area contributed by atoms with Crippen molar-refractivity contribution in [2.45, 2.75) is 0 Å². The molecule has 0 radical (unpaired) electrons. The Balaban J connectivity index is 1.49. The smallest absolute Gasteiger partial charge is 0.00988 e. The van der Waals surface area contributed by atoms with Crippen molar-refractivity contribution in [2.24, 2.45) is 0 Å². The van der Waals surface area contributed by atoms with Crippen molar-refractivity contribution in [3.63, 3.8) is 0 Å². The van der Waals surface area contributed by atoms with Gasteiger partial charge in [-0.3, -0.25) is 0 Å². The van der Waals surface area contributed by atoms with E-state index in [-0.39, 0.29) is 0 Å². The van der Waals surface area contributed by atoms with Gasteiger partial charge < -0.3 is 0 Å². The lowest BCUT2D eigenvalue weighted by Gasteiger charge is -2.12. The fourth-order valence-electron chi connectivity index (χ4n) is 5.21. The Kier molecular flexibility index (Phi) is 3.65. The van der Waals surface area contributed by atoms with Gasteiger partial charge in [-0.15, -0.1) is 0 Å². The molecule has 0 aliphatic rings. The van der Waals surface area contributed by atoms with Crippen LogP contribution in [0, 0.1) is 0 Å². The molecule has 0 amide bonds. The predicted molar refractivity (Wildman–Crippen MR) is 139 cm³/mol. The third-order valence-electron chi connectivity index (χ3n) is 6.80. The SMILES string of the molecule is c1ccc2cc3c(ccc4c(-c5ccc6c(ccc7ccccc76)c5)cccc43)cc2c1. The first kappa shape index (κ1) is 17.5. The maximum atomic E-state index is 2.34. The molecule has 0 fully saturated rings. The summed E-state index contributed by atoms with van der Waals surface area (Å²) in [5.41, 5.74) is 2.55. The lowest BCUT2D eigenvalue weighted by molar-refractivity contribution is 1.70. The van der Waals surface area contributed by atoms with Crippen LogP contribution in [0.2, 0.25) is 0 Å². The van der Waals surface area contributed by atoms with Crippen LogP contribution in [0.1, 0.15) is 0 Å². The third kappa shape index (κ3) is 2.57. The van der Waals surface area contributed by atoms with E-state index in [4.69, 9.17) is 0 Å². The zero-order chi connectivity index (χ0) is 21.1. The second-order valence-corrected chi connectivity index (χ2v) is 8.61. The van der Waals surface area contributed by atoms with Crippen LogP contribution in [-0.4, -0.2) is 0 Å². The van der Waals surface area contributed by atoms with Gasteiger partial charge in [0.05, 0.1) is 0 Å². The molecule has 7 aromatic carbocycles. The van der Waals surface area contributed by atoms with E-state index in [2.05, 4.69) is 121 Å². The average Bonchev–Trinajstić information content (AvgIpc) is 2.86. The Bertz CT molecular complexity index is 1820.